The third kappa shape index (κ3) is 3.20. The SMILES string of the molecule is CCOc1cc(Nc2cccc(CC)c2)c(N)cc1F. The van der Waals surface area contributed by atoms with Gasteiger partial charge in [-0.1, -0.05) is 19.1 Å². The monoisotopic (exact) mass is 274 g/mol. The lowest BCUT2D eigenvalue weighted by molar-refractivity contribution is 0.322. The van der Waals surface area contributed by atoms with Gasteiger partial charge in [0, 0.05) is 17.8 Å². The number of nitrogens with two attached hydrogens (primary N) is 1. The fourth-order valence-electron chi connectivity index (χ4n) is 1.97. The highest BCUT2D eigenvalue weighted by Crippen LogP contribution is 2.30. The topological polar surface area (TPSA) is 47.3 Å². The molecule has 3 nitrogen and oxygen atoms in total. The Morgan fingerprint density at radius 1 is 1.20 bits per heavy atom. The summed E-state index contributed by atoms with van der Waals surface area (Å²) in [6, 6.07) is 10.9. The second-order valence-electron chi connectivity index (χ2n) is 4.48. The Kier molecular flexibility index (Phi) is 4.45. The van der Waals surface area contributed by atoms with Crippen LogP contribution in [0.1, 0.15) is 19.4 Å². The largest absolute Gasteiger partial charge is 0.491 e. The Morgan fingerprint density at radius 3 is 2.70 bits per heavy atom. The molecule has 0 atom stereocenters. The summed E-state index contributed by atoms with van der Waals surface area (Å²) in [5.41, 5.74) is 8.99. The zero-order valence-electron chi connectivity index (χ0n) is 11.7. The molecule has 0 saturated heterocycles. The highest BCUT2D eigenvalue weighted by atomic mass is 19.1. The van der Waals surface area contributed by atoms with E-state index in [0.29, 0.717) is 18.0 Å². The maximum absolute atomic E-state index is 13.6. The number of rotatable bonds is 5. The van der Waals surface area contributed by atoms with Gasteiger partial charge in [0.2, 0.25) is 0 Å². The van der Waals surface area contributed by atoms with E-state index in [1.807, 2.05) is 25.1 Å². The molecule has 0 aliphatic rings. The number of hydrogen-bond donors (Lipinski definition) is 2. The normalized spacial score (nSPS) is 10.3. The van der Waals surface area contributed by atoms with Crippen LogP contribution in [0.15, 0.2) is 36.4 Å². The van der Waals surface area contributed by atoms with Crippen molar-refractivity contribution in [1.29, 1.82) is 0 Å². The lowest BCUT2D eigenvalue weighted by atomic mass is 10.1. The van der Waals surface area contributed by atoms with Gasteiger partial charge in [0.05, 0.1) is 18.0 Å². The molecule has 2 aromatic rings. The van der Waals surface area contributed by atoms with Crippen molar-refractivity contribution < 1.29 is 9.13 Å². The summed E-state index contributed by atoms with van der Waals surface area (Å²) in [5, 5.41) is 3.20. The Labute approximate surface area is 118 Å². The van der Waals surface area contributed by atoms with E-state index in [9.17, 15) is 4.39 Å². The third-order valence-electron chi connectivity index (χ3n) is 3.02. The molecule has 0 bridgehead atoms. The predicted octanol–water partition coefficient (Wildman–Crippen LogP) is 4.11. The smallest absolute Gasteiger partial charge is 0.167 e. The highest BCUT2D eigenvalue weighted by molar-refractivity contribution is 5.74. The van der Waals surface area contributed by atoms with Crippen molar-refractivity contribution in [3.63, 3.8) is 0 Å². The molecular weight excluding hydrogens is 255 g/mol. The summed E-state index contributed by atoms with van der Waals surface area (Å²) in [6.45, 7) is 4.32. The van der Waals surface area contributed by atoms with Crippen LogP contribution < -0.4 is 15.8 Å². The van der Waals surface area contributed by atoms with E-state index in [4.69, 9.17) is 10.5 Å². The van der Waals surface area contributed by atoms with Crippen LogP contribution in [-0.2, 0) is 6.42 Å². The molecule has 20 heavy (non-hydrogen) atoms. The van der Waals surface area contributed by atoms with Gasteiger partial charge in [-0.15, -0.1) is 0 Å². The molecule has 0 radical (unpaired) electrons. The van der Waals surface area contributed by atoms with Crippen molar-refractivity contribution in [2.75, 3.05) is 17.7 Å². The standard InChI is InChI=1S/C16H19FN2O/c1-3-11-6-5-7-12(8-11)19-15-10-16(20-4-2)13(17)9-14(15)18/h5-10,19H,3-4,18H2,1-2H3. The van der Waals surface area contributed by atoms with Gasteiger partial charge in [-0.3, -0.25) is 0 Å². The predicted molar refractivity (Wildman–Crippen MR) is 81.1 cm³/mol. The number of halogens is 1. The summed E-state index contributed by atoms with van der Waals surface area (Å²) < 4.78 is 18.9. The van der Waals surface area contributed by atoms with Crippen LogP contribution in [0, 0.1) is 5.82 Å². The van der Waals surface area contributed by atoms with E-state index in [2.05, 4.69) is 18.3 Å². The first kappa shape index (κ1) is 14.2. The molecule has 0 aliphatic carbocycles. The Bertz CT molecular complexity index is 599. The minimum absolute atomic E-state index is 0.204. The fourth-order valence-corrected chi connectivity index (χ4v) is 1.97. The molecule has 0 aromatic heterocycles. The van der Waals surface area contributed by atoms with Crippen LogP contribution in [0.4, 0.5) is 21.5 Å². The Balaban J connectivity index is 2.30. The number of anilines is 3. The lowest BCUT2D eigenvalue weighted by Crippen LogP contribution is -2.01. The summed E-state index contributed by atoms with van der Waals surface area (Å²) in [4.78, 5) is 0. The number of benzene rings is 2. The molecule has 106 valence electrons. The van der Waals surface area contributed by atoms with Crippen molar-refractivity contribution in [2.45, 2.75) is 20.3 Å². The maximum Gasteiger partial charge on any atom is 0.167 e. The minimum Gasteiger partial charge on any atom is -0.491 e. The van der Waals surface area contributed by atoms with Crippen LogP contribution in [0.2, 0.25) is 0 Å². The number of nitrogen functional groups attached to an aromatic ring is 1. The summed E-state index contributed by atoms with van der Waals surface area (Å²) in [7, 11) is 0. The molecule has 0 amide bonds. The zero-order valence-corrected chi connectivity index (χ0v) is 11.7. The van der Waals surface area contributed by atoms with Gasteiger partial charge >= 0.3 is 0 Å². The molecule has 0 saturated carbocycles. The molecule has 0 fully saturated rings. The number of ether oxygens (including phenoxy) is 1. The molecule has 0 heterocycles. The van der Waals surface area contributed by atoms with Crippen LogP contribution in [0.25, 0.3) is 0 Å². The van der Waals surface area contributed by atoms with E-state index >= 15 is 0 Å². The zero-order chi connectivity index (χ0) is 14.5. The molecule has 2 aromatic carbocycles. The number of nitrogens with one attached hydrogen (secondary N) is 1. The average Bonchev–Trinajstić information content (AvgIpc) is 2.44. The van der Waals surface area contributed by atoms with Gasteiger partial charge in [0.15, 0.2) is 11.6 Å². The van der Waals surface area contributed by atoms with E-state index in [1.54, 1.807) is 6.07 Å². The Hall–Kier alpha value is -2.23. The summed E-state index contributed by atoms with van der Waals surface area (Å²) in [6.07, 6.45) is 0.957. The van der Waals surface area contributed by atoms with Gasteiger partial charge in [-0.05, 0) is 31.0 Å². The Morgan fingerprint density at radius 2 is 2.00 bits per heavy atom. The van der Waals surface area contributed by atoms with Gasteiger partial charge in [-0.25, -0.2) is 4.39 Å². The van der Waals surface area contributed by atoms with Gasteiger partial charge in [-0.2, -0.15) is 0 Å². The molecule has 0 unspecified atom stereocenters. The molecular formula is C16H19FN2O. The van der Waals surface area contributed by atoms with Crippen LogP contribution in [0.5, 0.6) is 5.75 Å². The molecule has 0 aliphatic heterocycles. The van der Waals surface area contributed by atoms with Crippen molar-refractivity contribution in [1.82, 2.24) is 0 Å². The summed E-state index contributed by atoms with van der Waals surface area (Å²) in [5.74, 6) is -0.243. The lowest BCUT2D eigenvalue weighted by Gasteiger charge is -2.13. The van der Waals surface area contributed by atoms with Crippen LogP contribution >= 0.6 is 0 Å². The van der Waals surface area contributed by atoms with E-state index in [-0.39, 0.29) is 5.75 Å². The minimum atomic E-state index is -0.447. The van der Waals surface area contributed by atoms with E-state index in [1.165, 1.54) is 11.6 Å². The van der Waals surface area contributed by atoms with Gasteiger partial charge < -0.3 is 15.8 Å². The van der Waals surface area contributed by atoms with Crippen molar-refractivity contribution in [2.24, 2.45) is 0 Å². The fraction of sp³-hybridized carbons (Fsp3) is 0.250. The van der Waals surface area contributed by atoms with E-state index in [0.717, 1.165) is 12.1 Å². The molecule has 4 heteroatoms. The number of hydrogen-bond acceptors (Lipinski definition) is 3. The van der Waals surface area contributed by atoms with Crippen LogP contribution in [-0.4, -0.2) is 6.61 Å². The van der Waals surface area contributed by atoms with E-state index < -0.39 is 5.82 Å². The quantitative estimate of drug-likeness (QED) is 0.806. The second-order valence-corrected chi connectivity index (χ2v) is 4.48. The van der Waals surface area contributed by atoms with Crippen molar-refractivity contribution in [3.05, 3.63) is 47.8 Å². The first-order valence-electron chi connectivity index (χ1n) is 6.71. The number of aryl methyl sites for hydroxylation is 1. The second kappa shape index (κ2) is 6.28. The maximum atomic E-state index is 13.6. The molecule has 3 N–H and O–H groups in total. The average molecular weight is 274 g/mol. The third-order valence-corrected chi connectivity index (χ3v) is 3.02. The van der Waals surface area contributed by atoms with Crippen molar-refractivity contribution in [3.8, 4) is 5.75 Å². The highest BCUT2D eigenvalue weighted by Gasteiger charge is 2.09. The molecule has 0 spiro atoms. The first-order chi connectivity index (χ1) is 9.63. The van der Waals surface area contributed by atoms with Crippen molar-refractivity contribution >= 4 is 17.1 Å². The van der Waals surface area contributed by atoms with Crippen LogP contribution in [0.3, 0.4) is 0 Å². The molecule has 2 rings (SSSR count). The first-order valence-corrected chi connectivity index (χ1v) is 6.71. The van der Waals surface area contributed by atoms with Gasteiger partial charge in [0.1, 0.15) is 0 Å². The van der Waals surface area contributed by atoms with Gasteiger partial charge in [0.25, 0.3) is 0 Å². The summed E-state index contributed by atoms with van der Waals surface area (Å²) >= 11 is 0.